The van der Waals surface area contributed by atoms with E-state index in [0.29, 0.717) is 12.0 Å². The monoisotopic (exact) mass is 377 g/mol. The third kappa shape index (κ3) is 3.49. The lowest BCUT2D eigenvalue weighted by Crippen LogP contribution is -2.25. The molecule has 0 spiro atoms. The molecule has 0 saturated carbocycles. The molecular weight excluding hydrogens is 363 g/mol. The second kappa shape index (κ2) is 6.76. The van der Waals surface area contributed by atoms with E-state index in [2.05, 4.69) is 20.2 Å². The highest BCUT2D eigenvalue weighted by Crippen LogP contribution is 2.31. The van der Waals surface area contributed by atoms with Crippen LogP contribution in [0.3, 0.4) is 0 Å². The van der Waals surface area contributed by atoms with Gasteiger partial charge in [0.2, 0.25) is 0 Å². The van der Waals surface area contributed by atoms with E-state index in [0.717, 1.165) is 18.3 Å². The predicted molar refractivity (Wildman–Crippen MR) is 90.4 cm³/mol. The van der Waals surface area contributed by atoms with Crippen molar-refractivity contribution >= 4 is 12.0 Å². The molecule has 27 heavy (non-hydrogen) atoms. The Morgan fingerprint density at radius 2 is 1.89 bits per heavy atom. The molecule has 0 aliphatic heterocycles. The van der Waals surface area contributed by atoms with Crippen molar-refractivity contribution in [3.05, 3.63) is 41.7 Å². The van der Waals surface area contributed by atoms with Crippen LogP contribution >= 0.6 is 0 Å². The standard InChI is InChI=1S/C16H14F3N7O/c1-25-14(12-6-10(3-4-21-12)16(17,18)19)23-24-15(25)13-9(8-27)5-11(7-22-13)26(2)20/h3-8H,20H2,1-2H3. The number of carbonyl (C=O) groups excluding carboxylic acids is 1. The number of hydrogen-bond donors (Lipinski definition) is 1. The van der Waals surface area contributed by atoms with Gasteiger partial charge in [-0.3, -0.25) is 9.78 Å². The lowest BCUT2D eigenvalue weighted by Gasteiger charge is -2.13. The minimum absolute atomic E-state index is 0.00274. The molecule has 11 heteroatoms. The summed E-state index contributed by atoms with van der Waals surface area (Å²) >= 11 is 0. The Morgan fingerprint density at radius 1 is 1.19 bits per heavy atom. The number of rotatable bonds is 4. The molecular formula is C16H14F3N7O. The van der Waals surface area contributed by atoms with Crippen LogP contribution in [0.4, 0.5) is 18.9 Å². The molecule has 0 radical (unpaired) electrons. The number of pyridine rings is 2. The first-order valence-electron chi connectivity index (χ1n) is 7.59. The van der Waals surface area contributed by atoms with Crippen LogP contribution in [0.2, 0.25) is 0 Å². The number of carbonyl (C=O) groups is 1. The van der Waals surface area contributed by atoms with Crippen LogP contribution in [-0.2, 0) is 13.2 Å². The molecule has 0 unspecified atom stereocenters. The predicted octanol–water partition coefficient (Wildman–Crippen LogP) is 2.08. The average Bonchev–Trinajstić information content (AvgIpc) is 3.01. The zero-order valence-electron chi connectivity index (χ0n) is 14.3. The Hall–Kier alpha value is -3.34. The summed E-state index contributed by atoms with van der Waals surface area (Å²) in [6, 6.07) is 3.27. The summed E-state index contributed by atoms with van der Waals surface area (Å²) in [5.41, 5.74) is 0.0894. The molecule has 0 bridgehead atoms. The highest BCUT2D eigenvalue weighted by molar-refractivity contribution is 5.85. The van der Waals surface area contributed by atoms with Crippen molar-refractivity contribution in [3.8, 4) is 23.0 Å². The first kappa shape index (κ1) is 18.5. The van der Waals surface area contributed by atoms with Gasteiger partial charge in [0.05, 0.1) is 17.4 Å². The zero-order valence-corrected chi connectivity index (χ0v) is 14.3. The van der Waals surface area contributed by atoms with Gasteiger partial charge in [-0.1, -0.05) is 0 Å². The highest BCUT2D eigenvalue weighted by Gasteiger charge is 2.31. The normalized spacial score (nSPS) is 11.5. The molecule has 3 aromatic heterocycles. The maximum Gasteiger partial charge on any atom is 0.416 e. The lowest BCUT2D eigenvalue weighted by molar-refractivity contribution is -0.137. The van der Waals surface area contributed by atoms with Crippen LogP contribution in [0.25, 0.3) is 23.0 Å². The number of nitrogens with two attached hydrogens (primary N) is 1. The Morgan fingerprint density at radius 3 is 2.52 bits per heavy atom. The SMILES string of the molecule is CN(N)c1cnc(-c2nnc(-c3cc(C(F)(F)F)ccn3)n2C)c(C=O)c1. The van der Waals surface area contributed by atoms with Crippen LogP contribution in [-0.4, -0.2) is 38.1 Å². The van der Waals surface area contributed by atoms with Crippen molar-refractivity contribution in [2.24, 2.45) is 12.9 Å². The zero-order chi connectivity index (χ0) is 19.8. The van der Waals surface area contributed by atoms with Gasteiger partial charge in [-0.2, -0.15) is 13.2 Å². The third-order valence-electron chi connectivity index (χ3n) is 3.84. The maximum absolute atomic E-state index is 12.9. The van der Waals surface area contributed by atoms with E-state index in [9.17, 15) is 18.0 Å². The number of aldehydes is 1. The number of alkyl halides is 3. The smallest absolute Gasteiger partial charge is 0.313 e. The quantitative estimate of drug-likeness (QED) is 0.422. The van der Waals surface area contributed by atoms with Gasteiger partial charge in [-0.15, -0.1) is 10.2 Å². The summed E-state index contributed by atoms with van der Waals surface area (Å²) < 4.78 is 40.2. The third-order valence-corrected chi connectivity index (χ3v) is 3.84. The molecule has 3 aromatic rings. The number of anilines is 1. The van der Waals surface area contributed by atoms with Crippen molar-refractivity contribution in [2.75, 3.05) is 12.1 Å². The molecule has 0 aliphatic carbocycles. The molecule has 0 aliphatic rings. The van der Waals surface area contributed by atoms with E-state index in [-0.39, 0.29) is 28.6 Å². The van der Waals surface area contributed by atoms with Crippen LogP contribution in [0.1, 0.15) is 15.9 Å². The van der Waals surface area contributed by atoms with Gasteiger partial charge in [0.1, 0.15) is 11.4 Å². The molecule has 0 fully saturated rings. The lowest BCUT2D eigenvalue weighted by atomic mass is 10.2. The van der Waals surface area contributed by atoms with E-state index in [1.165, 1.54) is 21.8 Å². The highest BCUT2D eigenvalue weighted by atomic mass is 19.4. The second-order valence-electron chi connectivity index (χ2n) is 5.69. The first-order chi connectivity index (χ1) is 12.7. The summed E-state index contributed by atoms with van der Waals surface area (Å²) in [5.74, 6) is 5.94. The molecule has 8 nitrogen and oxygen atoms in total. The van der Waals surface area contributed by atoms with Crippen molar-refractivity contribution in [2.45, 2.75) is 6.18 Å². The van der Waals surface area contributed by atoms with E-state index in [1.54, 1.807) is 14.1 Å². The van der Waals surface area contributed by atoms with Gasteiger partial charge < -0.3 is 9.58 Å². The van der Waals surface area contributed by atoms with E-state index in [4.69, 9.17) is 5.84 Å². The van der Waals surface area contributed by atoms with Crippen LogP contribution < -0.4 is 10.9 Å². The topological polar surface area (TPSA) is 103 Å². The van der Waals surface area contributed by atoms with E-state index >= 15 is 0 Å². The van der Waals surface area contributed by atoms with Crippen LogP contribution in [0, 0.1) is 0 Å². The summed E-state index contributed by atoms with van der Waals surface area (Å²) in [7, 11) is 3.14. The van der Waals surface area contributed by atoms with Crippen molar-refractivity contribution in [1.29, 1.82) is 0 Å². The summed E-state index contributed by atoms with van der Waals surface area (Å²) in [6.45, 7) is 0. The Kier molecular flexibility index (Phi) is 4.62. The fourth-order valence-electron chi connectivity index (χ4n) is 2.43. The summed E-state index contributed by atoms with van der Waals surface area (Å²) in [5, 5.41) is 9.16. The first-order valence-corrected chi connectivity index (χ1v) is 7.59. The Labute approximate surface area is 151 Å². The molecule has 140 valence electrons. The summed E-state index contributed by atoms with van der Waals surface area (Å²) in [6.07, 6.45) is -1.42. The van der Waals surface area contributed by atoms with E-state index < -0.39 is 11.7 Å². The van der Waals surface area contributed by atoms with Gasteiger partial charge in [-0.25, -0.2) is 10.8 Å². The fourth-order valence-corrected chi connectivity index (χ4v) is 2.43. The molecule has 0 amide bonds. The molecule has 2 N–H and O–H groups in total. The Bertz CT molecular complexity index is 998. The fraction of sp³-hybridized carbons (Fsp3) is 0.188. The minimum Gasteiger partial charge on any atom is -0.313 e. The van der Waals surface area contributed by atoms with Crippen molar-refractivity contribution in [3.63, 3.8) is 0 Å². The number of aromatic nitrogens is 5. The van der Waals surface area contributed by atoms with Gasteiger partial charge in [-0.05, 0) is 18.2 Å². The largest absolute Gasteiger partial charge is 0.416 e. The summed E-state index contributed by atoms with van der Waals surface area (Å²) in [4.78, 5) is 19.5. The van der Waals surface area contributed by atoms with Gasteiger partial charge in [0.25, 0.3) is 0 Å². The van der Waals surface area contributed by atoms with Gasteiger partial charge >= 0.3 is 6.18 Å². The number of nitrogens with zero attached hydrogens (tertiary/aromatic N) is 6. The van der Waals surface area contributed by atoms with Crippen molar-refractivity contribution < 1.29 is 18.0 Å². The van der Waals surface area contributed by atoms with Gasteiger partial charge in [0, 0.05) is 25.9 Å². The van der Waals surface area contributed by atoms with Crippen molar-refractivity contribution in [1.82, 2.24) is 24.7 Å². The molecule has 0 aromatic carbocycles. The number of hydrazine groups is 1. The number of hydrogen-bond acceptors (Lipinski definition) is 7. The minimum atomic E-state index is -4.50. The molecule has 0 atom stereocenters. The van der Waals surface area contributed by atoms with Gasteiger partial charge in [0.15, 0.2) is 17.9 Å². The second-order valence-corrected chi connectivity index (χ2v) is 5.69. The average molecular weight is 377 g/mol. The van der Waals surface area contributed by atoms with Crippen LogP contribution in [0.5, 0.6) is 0 Å². The van der Waals surface area contributed by atoms with Crippen LogP contribution in [0.15, 0.2) is 30.6 Å². The molecule has 3 rings (SSSR count). The molecule has 3 heterocycles. The number of halogens is 3. The van der Waals surface area contributed by atoms with E-state index in [1.807, 2.05) is 0 Å². The maximum atomic E-state index is 12.9. The Balaban J connectivity index is 2.08. The molecule has 0 saturated heterocycles.